The van der Waals surface area contributed by atoms with E-state index in [4.69, 9.17) is 5.73 Å². The second kappa shape index (κ2) is 7.43. The van der Waals surface area contributed by atoms with Crippen LogP contribution in [0.25, 0.3) is 0 Å². The van der Waals surface area contributed by atoms with Gasteiger partial charge in [-0.1, -0.05) is 6.92 Å². The molecule has 12 heavy (non-hydrogen) atoms. The number of rotatable bonds is 7. The van der Waals surface area contributed by atoms with Crippen molar-refractivity contribution in [3.05, 3.63) is 0 Å². The summed E-state index contributed by atoms with van der Waals surface area (Å²) in [4.78, 5) is 10.5. The van der Waals surface area contributed by atoms with Gasteiger partial charge in [0.25, 0.3) is 0 Å². The fourth-order valence-corrected chi connectivity index (χ4v) is 1.42. The molecule has 0 saturated heterocycles. The van der Waals surface area contributed by atoms with Gasteiger partial charge in [-0.15, -0.1) is 0 Å². The average molecular weight is 190 g/mol. The van der Waals surface area contributed by atoms with E-state index in [0.717, 1.165) is 25.1 Å². The van der Waals surface area contributed by atoms with Crippen molar-refractivity contribution in [1.29, 1.82) is 0 Å². The van der Waals surface area contributed by atoms with E-state index >= 15 is 0 Å². The molecule has 0 aromatic rings. The molecular weight excluding hydrogens is 172 g/mol. The van der Waals surface area contributed by atoms with Crippen LogP contribution in [0, 0.1) is 0 Å². The number of nitrogens with two attached hydrogens (primary N) is 1. The molecule has 0 aliphatic carbocycles. The molecule has 0 aliphatic heterocycles. The summed E-state index contributed by atoms with van der Waals surface area (Å²) in [5, 5.41) is 3.28. The van der Waals surface area contributed by atoms with E-state index in [-0.39, 0.29) is 5.91 Å². The lowest BCUT2D eigenvalue weighted by Crippen LogP contribution is -2.30. The zero-order valence-electron chi connectivity index (χ0n) is 7.55. The number of hydrogen-bond donors (Lipinski definition) is 3. The van der Waals surface area contributed by atoms with Crippen molar-refractivity contribution in [3.63, 3.8) is 0 Å². The van der Waals surface area contributed by atoms with E-state index < -0.39 is 0 Å². The van der Waals surface area contributed by atoms with E-state index in [1.165, 1.54) is 0 Å². The molecule has 4 heteroatoms. The van der Waals surface area contributed by atoms with Crippen LogP contribution in [-0.4, -0.2) is 24.2 Å². The standard InChI is InChI=1S/C8H18N2OS/c1-2-10-7(5-6-12)3-4-8(9)11/h7,10,12H,2-6H2,1H3,(H2,9,11). The minimum atomic E-state index is -0.225. The Kier molecular flexibility index (Phi) is 7.29. The molecule has 0 rings (SSSR count). The van der Waals surface area contributed by atoms with Crippen LogP contribution < -0.4 is 11.1 Å². The fourth-order valence-electron chi connectivity index (χ4n) is 1.11. The first-order valence-electron chi connectivity index (χ1n) is 4.33. The smallest absolute Gasteiger partial charge is 0.217 e. The first-order valence-corrected chi connectivity index (χ1v) is 4.96. The average Bonchev–Trinajstić information content (AvgIpc) is 2.01. The Morgan fingerprint density at radius 2 is 2.25 bits per heavy atom. The molecule has 0 aromatic carbocycles. The molecule has 0 bridgehead atoms. The third-order valence-corrected chi connectivity index (χ3v) is 1.97. The van der Waals surface area contributed by atoms with Crippen LogP contribution in [0.1, 0.15) is 26.2 Å². The Balaban J connectivity index is 3.54. The summed E-state index contributed by atoms with van der Waals surface area (Å²) in [5.41, 5.74) is 5.05. The molecule has 3 N–H and O–H groups in total. The monoisotopic (exact) mass is 190 g/mol. The van der Waals surface area contributed by atoms with Crippen LogP contribution in [0.3, 0.4) is 0 Å². The molecule has 0 heterocycles. The number of nitrogens with one attached hydrogen (secondary N) is 1. The first kappa shape index (κ1) is 11.8. The SMILES string of the molecule is CCNC(CCS)CCC(N)=O. The van der Waals surface area contributed by atoms with Crippen LogP contribution in [-0.2, 0) is 4.79 Å². The van der Waals surface area contributed by atoms with Gasteiger partial charge in [-0.25, -0.2) is 0 Å². The quantitative estimate of drug-likeness (QED) is 0.514. The zero-order valence-corrected chi connectivity index (χ0v) is 8.44. The number of primary amides is 1. The summed E-state index contributed by atoms with van der Waals surface area (Å²) < 4.78 is 0. The molecule has 0 aromatic heterocycles. The molecule has 0 aliphatic rings. The lowest BCUT2D eigenvalue weighted by molar-refractivity contribution is -0.118. The maximum absolute atomic E-state index is 10.5. The predicted molar refractivity (Wildman–Crippen MR) is 54.4 cm³/mol. The molecule has 0 saturated carbocycles. The number of carbonyl (C=O) groups excluding carboxylic acids is 1. The Labute approximate surface area is 79.5 Å². The lowest BCUT2D eigenvalue weighted by Gasteiger charge is -2.15. The highest BCUT2D eigenvalue weighted by atomic mass is 32.1. The molecule has 1 atom stereocenters. The van der Waals surface area contributed by atoms with Crippen molar-refractivity contribution in [3.8, 4) is 0 Å². The summed E-state index contributed by atoms with van der Waals surface area (Å²) in [7, 11) is 0. The van der Waals surface area contributed by atoms with Gasteiger partial charge in [0, 0.05) is 12.5 Å². The van der Waals surface area contributed by atoms with E-state index in [1.54, 1.807) is 0 Å². The van der Waals surface area contributed by atoms with Gasteiger partial charge < -0.3 is 11.1 Å². The maximum atomic E-state index is 10.5. The highest BCUT2D eigenvalue weighted by molar-refractivity contribution is 7.80. The molecular formula is C8H18N2OS. The van der Waals surface area contributed by atoms with Gasteiger partial charge in [0.2, 0.25) is 5.91 Å². The molecule has 0 spiro atoms. The van der Waals surface area contributed by atoms with Crippen molar-refractivity contribution in [2.75, 3.05) is 12.3 Å². The third-order valence-electron chi connectivity index (χ3n) is 1.71. The highest BCUT2D eigenvalue weighted by Crippen LogP contribution is 2.02. The van der Waals surface area contributed by atoms with E-state index in [2.05, 4.69) is 24.9 Å². The van der Waals surface area contributed by atoms with Gasteiger partial charge in [0.05, 0.1) is 0 Å². The van der Waals surface area contributed by atoms with Gasteiger partial charge in [-0.3, -0.25) is 4.79 Å². The summed E-state index contributed by atoms with van der Waals surface area (Å²) in [6, 6.07) is 0.389. The summed E-state index contributed by atoms with van der Waals surface area (Å²) >= 11 is 4.14. The molecule has 0 radical (unpaired) electrons. The van der Waals surface area contributed by atoms with E-state index in [1.807, 2.05) is 0 Å². The van der Waals surface area contributed by atoms with Crippen molar-refractivity contribution in [2.24, 2.45) is 5.73 Å². The lowest BCUT2D eigenvalue weighted by atomic mass is 10.1. The Bertz CT molecular complexity index is 124. The minimum absolute atomic E-state index is 0.225. The zero-order chi connectivity index (χ0) is 9.40. The van der Waals surface area contributed by atoms with Crippen LogP contribution in [0.2, 0.25) is 0 Å². The molecule has 1 amide bonds. The van der Waals surface area contributed by atoms with Gasteiger partial charge in [0.15, 0.2) is 0 Å². The Morgan fingerprint density at radius 1 is 1.58 bits per heavy atom. The van der Waals surface area contributed by atoms with Gasteiger partial charge in [-0.2, -0.15) is 12.6 Å². The van der Waals surface area contributed by atoms with E-state index in [0.29, 0.717) is 12.5 Å². The molecule has 1 unspecified atom stereocenters. The summed E-state index contributed by atoms with van der Waals surface area (Å²) in [6.07, 6.45) is 2.28. The largest absolute Gasteiger partial charge is 0.370 e. The maximum Gasteiger partial charge on any atom is 0.217 e. The second-order valence-corrected chi connectivity index (χ2v) is 3.22. The summed E-state index contributed by atoms with van der Waals surface area (Å²) in [6.45, 7) is 2.98. The predicted octanol–water partition coefficient (Wildman–Crippen LogP) is 0.550. The van der Waals surface area contributed by atoms with Crippen LogP contribution >= 0.6 is 12.6 Å². The van der Waals surface area contributed by atoms with E-state index in [9.17, 15) is 4.79 Å². The minimum Gasteiger partial charge on any atom is -0.370 e. The number of thiol groups is 1. The number of carbonyl (C=O) groups is 1. The molecule has 0 fully saturated rings. The van der Waals surface area contributed by atoms with Gasteiger partial charge in [0.1, 0.15) is 0 Å². The first-order chi connectivity index (χ1) is 5.70. The van der Waals surface area contributed by atoms with Crippen molar-refractivity contribution in [1.82, 2.24) is 5.32 Å². The Morgan fingerprint density at radius 3 is 2.67 bits per heavy atom. The van der Waals surface area contributed by atoms with Crippen molar-refractivity contribution < 1.29 is 4.79 Å². The van der Waals surface area contributed by atoms with Crippen LogP contribution in [0.5, 0.6) is 0 Å². The fraction of sp³-hybridized carbons (Fsp3) is 0.875. The molecule has 72 valence electrons. The second-order valence-electron chi connectivity index (χ2n) is 2.77. The highest BCUT2D eigenvalue weighted by Gasteiger charge is 2.06. The van der Waals surface area contributed by atoms with Crippen molar-refractivity contribution >= 4 is 18.5 Å². The number of amides is 1. The van der Waals surface area contributed by atoms with Gasteiger partial charge in [-0.05, 0) is 25.1 Å². The van der Waals surface area contributed by atoms with Crippen LogP contribution in [0.15, 0.2) is 0 Å². The third kappa shape index (κ3) is 6.49. The van der Waals surface area contributed by atoms with Crippen LogP contribution in [0.4, 0.5) is 0 Å². The van der Waals surface area contributed by atoms with Crippen molar-refractivity contribution in [2.45, 2.75) is 32.2 Å². The topological polar surface area (TPSA) is 55.1 Å². The van der Waals surface area contributed by atoms with Gasteiger partial charge >= 0.3 is 0 Å². The normalized spacial score (nSPS) is 12.8. The number of hydrogen-bond acceptors (Lipinski definition) is 3. The molecule has 3 nitrogen and oxygen atoms in total. The summed E-state index contributed by atoms with van der Waals surface area (Å²) in [5.74, 6) is 0.619. The Hall–Kier alpha value is -0.220.